The Morgan fingerprint density at radius 1 is 1.35 bits per heavy atom. The van der Waals surface area contributed by atoms with Gasteiger partial charge in [-0.05, 0) is 23.6 Å². The molecule has 0 fully saturated rings. The summed E-state index contributed by atoms with van der Waals surface area (Å²) in [6, 6.07) is 4.66. The van der Waals surface area contributed by atoms with E-state index in [9.17, 15) is 10.1 Å². The van der Waals surface area contributed by atoms with E-state index in [1.807, 2.05) is 0 Å². The Balaban J connectivity index is 2.39. The lowest BCUT2D eigenvalue weighted by molar-refractivity contribution is -0.384. The van der Waals surface area contributed by atoms with E-state index in [1.165, 1.54) is 6.07 Å². The van der Waals surface area contributed by atoms with Crippen molar-refractivity contribution in [3.63, 3.8) is 0 Å². The zero-order valence-electron chi connectivity index (χ0n) is 11.8. The van der Waals surface area contributed by atoms with Crippen molar-refractivity contribution in [3.05, 3.63) is 33.9 Å². The van der Waals surface area contributed by atoms with Crippen LogP contribution in [0.1, 0.15) is 19.4 Å². The minimum atomic E-state index is -0.487. The molecule has 3 N–H and O–H groups in total. The number of nitrogen functional groups attached to an aromatic ring is 1. The van der Waals surface area contributed by atoms with Crippen LogP contribution in [0, 0.1) is 16.0 Å². The predicted molar refractivity (Wildman–Crippen MR) is 76.2 cm³/mol. The number of ether oxygens (including phenoxy) is 2. The van der Waals surface area contributed by atoms with Crippen LogP contribution in [0.4, 0.5) is 11.4 Å². The van der Waals surface area contributed by atoms with E-state index >= 15 is 0 Å². The summed E-state index contributed by atoms with van der Waals surface area (Å²) < 4.78 is 10.8. The number of benzene rings is 1. The van der Waals surface area contributed by atoms with Gasteiger partial charge in [0.2, 0.25) is 0 Å². The van der Waals surface area contributed by atoms with Crippen LogP contribution in [0.2, 0.25) is 0 Å². The van der Waals surface area contributed by atoms with Crippen molar-refractivity contribution in [2.45, 2.75) is 20.5 Å². The van der Waals surface area contributed by atoms with E-state index < -0.39 is 4.92 Å². The minimum absolute atomic E-state index is 0.0588. The van der Waals surface area contributed by atoms with Crippen LogP contribution in [-0.4, -0.2) is 24.7 Å². The van der Waals surface area contributed by atoms with E-state index in [1.54, 1.807) is 12.1 Å². The number of rotatable bonds is 9. The molecule has 7 heteroatoms. The number of nitro benzene ring substituents is 1. The molecule has 0 heterocycles. The normalized spacial score (nSPS) is 10.8. The number of hydrazine groups is 1. The summed E-state index contributed by atoms with van der Waals surface area (Å²) in [5.74, 6) is 5.77. The molecular formula is C13H21N3O4. The van der Waals surface area contributed by atoms with Crippen LogP contribution in [0.25, 0.3) is 0 Å². The summed E-state index contributed by atoms with van der Waals surface area (Å²) in [6.07, 6.45) is 0. The summed E-state index contributed by atoms with van der Waals surface area (Å²) in [5, 5.41) is 10.7. The molecule has 7 nitrogen and oxygen atoms in total. The molecule has 1 aromatic rings. The molecule has 0 aliphatic rings. The van der Waals surface area contributed by atoms with Crippen molar-refractivity contribution in [1.29, 1.82) is 0 Å². The zero-order chi connectivity index (χ0) is 15.0. The van der Waals surface area contributed by atoms with E-state index in [-0.39, 0.29) is 11.4 Å². The minimum Gasteiger partial charge on any atom is -0.379 e. The van der Waals surface area contributed by atoms with Crippen molar-refractivity contribution in [2.75, 3.05) is 25.2 Å². The number of nitrogens with one attached hydrogen (secondary N) is 1. The molecule has 0 unspecified atom stereocenters. The average molecular weight is 283 g/mol. The molecule has 0 saturated heterocycles. The average Bonchev–Trinajstić information content (AvgIpc) is 2.41. The molecule has 20 heavy (non-hydrogen) atoms. The van der Waals surface area contributed by atoms with Gasteiger partial charge in [-0.25, -0.2) is 0 Å². The highest BCUT2D eigenvalue weighted by atomic mass is 16.6. The highest BCUT2D eigenvalue weighted by Crippen LogP contribution is 2.24. The van der Waals surface area contributed by atoms with E-state index in [0.717, 1.165) is 5.56 Å². The van der Waals surface area contributed by atoms with Gasteiger partial charge in [0.1, 0.15) is 5.69 Å². The van der Waals surface area contributed by atoms with Gasteiger partial charge in [0.05, 0.1) is 24.7 Å². The second kappa shape index (κ2) is 8.47. The van der Waals surface area contributed by atoms with Gasteiger partial charge >= 0.3 is 0 Å². The summed E-state index contributed by atoms with van der Waals surface area (Å²) in [4.78, 5) is 10.3. The molecule has 1 rings (SSSR count). The Kier molecular flexibility index (Phi) is 6.92. The SMILES string of the molecule is CC(C)COCCOCc1ccc([N+](=O)[O-])c(NN)c1. The Bertz CT molecular complexity index is 438. The third-order valence-electron chi connectivity index (χ3n) is 2.51. The third-order valence-corrected chi connectivity index (χ3v) is 2.51. The van der Waals surface area contributed by atoms with Gasteiger partial charge in [0.25, 0.3) is 5.69 Å². The largest absolute Gasteiger partial charge is 0.379 e. The monoisotopic (exact) mass is 283 g/mol. The lowest BCUT2D eigenvalue weighted by Crippen LogP contribution is -2.10. The van der Waals surface area contributed by atoms with Gasteiger partial charge in [-0.1, -0.05) is 13.8 Å². The van der Waals surface area contributed by atoms with E-state index in [4.69, 9.17) is 15.3 Å². The number of hydrogen-bond donors (Lipinski definition) is 2. The fraction of sp³-hybridized carbons (Fsp3) is 0.538. The maximum Gasteiger partial charge on any atom is 0.293 e. The molecule has 0 spiro atoms. The highest BCUT2D eigenvalue weighted by molar-refractivity contribution is 5.61. The van der Waals surface area contributed by atoms with Crippen molar-refractivity contribution in [3.8, 4) is 0 Å². The standard InChI is InChI=1S/C13H21N3O4/c1-10(2)8-19-5-6-20-9-11-3-4-13(16(17)18)12(7-11)15-14/h3-4,7,10,15H,5-6,8-9,14H2,1-2H3. The molecule has 0 bridgehead atoms. The molecule has 0 aromatic heterocycles. The van der Waals surface area contributed by atoms with E-state index in [2.05, 4.69) is 19.3 Å². The van der Waals surface area contributed by atoms with E-state index in [0.29, 0.717) is 32.3 Å². The molecule has 0 aliphatic carbocycles. The van der Waals surface area contributed by atoms with Crippen LogP contribution in [-0.2, 0) is 16.1 Å². The predicted octanol–water partition coefficient (Wildman–Crippen LogP) is 2.07. The van der Waals surface area contributed by atoms with Crippen molar-refractivity contribution in [2.24, 2.45) is 11.8 Å². The molecule has 0 saturated carbocycles. The van der Waals surface area contributed by atoms with Gasteiger partial charge < -0.3 is 14.9 Å². The Hall–Kier alpha value is -1.70. The second-order valence-electron chi connectivity index (χ2n) is 4.77. The first kappa shape index (κ1) is 16.4. The maximum absolute atomic E-state index is 10.7. The lowest BCUT2D eigenvalue weighted by Gasteiger charge is -2.08. The summed E-state index contributed by atoms with van der Waals surface area (Å²) in [5.41, 5.74) is 3.34. The quantitative estimate of drug-likeness (QED) is 0.311. The molecule has 0 radical (unpaired) electrons. The number of nitrogens with zero attached hydrogens (tertiary/aromatic N) is 1. The summed E-state index contributed by atoms with van der Waals surface area (Å²) in [7, 11) is 0. The van der Waals surface area contributed by atoms with Crippen LogP contribution in [0.5, 0.6) is 0 Å². The third kappa shape index (κ3) is 5.52. The lowest BCUT2D eigenvalue weighted by atomic mass is 10.2. The number of nitrogens with two attached hydrogens (primary N) is 1. The fourth-order valence-corrected chi connectivity index (χ4v) is 1.57. The summed E-state index contributed by atoms with van der Waals surface area (Å²) in [6.45, 7) is 6.25. The molecule has 0 aliphatic heterocycles. The molecule has 112 valence electrons. The molecule has 0 atom stereocenters. The van der Waals surface area contributed by atoms with Crippen molar-refractivity contribution < 1.29 is 14.4 Å². The van der Waals surface area contributed by atoms with Crippen molar-refractivity contribution >= 4 is 11.4 Å². The zero-order valence-corrected chi connectivity index (χ0v) is 11.8. The Morgan fingerprint density at radius 2 is 2.05 bits per heavy atom. The maximum atomic E-state index is 10.7. The smallest absolute Gasteiger partial charge is 0.293 e. The van der Waals surface area contributed by atoms with Crippen LogP contribution < -0.4 is 11.3 Å². The number of hydrogen-bond acceptors (Lipinski definition) is 6. The number of anilines is 1. The van der Waals surface area contributed by atoms with Gasteiger partial charge in [0, 0.05) is 12.7 Å². The van der Waals surface area contributed by atoms with Crippen LogP contribution in [0.3, 0.4) is 0 Å². The molecule has 0 amide bonds. The fourth-order valence-electron chi connectivity index (χ4n) is 1.57. The number of nitro groups is 1. The summed E-state index contributed by atoms with van der Waals surface area (Å²) >= 11 is 0. The first-order valence-corrected chi connectivity index (χ1v) is 6.44. The van der Waals surface area contributed by atoms with Gasteiger partial charge in [-0.3, -0.25) is 16.0 Å². The van der Waals surface area contributed by atoms with Gasteiger partial charge in [-0.2, -0.15) is 0 Å². The Morgan fingerprint density at radius 3 is 2.65 bits per heavy atom. The van der Waals surface area contributed by atoms with Gasteiger partial charge in [-0.15, -0.1) is 0 Å². The van der Waals surface area contributed by atoms with Crippen molar-refractivity contribution in [1.82, 2.24) is 0 Å². The topological polar surface area (TPSA) is 99.6 Å². The van der Waals surface area contributed by atoms with Gasteiger partial charge in [0.15, 0.2) is 0 Å². The van der Waals surface area contributed by atoms with Crippen LogP contribution in [0.15, 0.2) is 18.2 Å². The first-order chi connectivity index (χ1) is 9.54. The first-order valence-electron chi connectivity index (χ1n) is 6.44. The van der Waals surface area contributed by atoms with Crippen LogP contribution >= 0.6 is 0 Å². The highest BCUT2D eigenvalue weighted by Gasteiger charge is 2.12. The Labute approximate surface area is 118 Å². The second-order valence-corrected chi connectivity index (χ2v) is 4.77. The molecular weight excluding hydrogens is 262 g/mol. The molecule has 1 aromatic carbocycles.